The van der Waals surface area contributed by atoms with Crippen molar-refractivity contribution in [3.8, 4) is 0 Å². The summed E-state index contributed by atoms with van der Waals surface area (Å²) in [5, 5.41) is 2.14. The summed E-state index contributed by atoms with van der Waals surface area (Å²) in [5.41, 5.74) is 2.55. The Bertz CT molecular complexity index is 737. The first kappa shape index (κ1) is 17.8. The van der Waals surface area contributed by atoms with Crippen molar-refractivity contribution in [1.82, 2.24) is 14.9 Å². The van der Waals surface area contributed by atoms with Gasteiger partial charge in [0.1, 0.15) is 5.82 Å². The normalized spacial score (nSPS) is 11.4. The number of thiophene rings is 1. The van der Waals surface area contributed by atoms with Crippen LogP contribution in [0.3, 0.4) is 0 Å². The zero-order chi connectivity index (χ0) is 17.5. The largest absolute Gasteiger partial charge is 0.294 e. The summed E-state index contributed by atoms with van der Waals surface area (Å²) in [6, 6.07) is 15.0. The summed E-state index contributed by atoms with van der Waals surface area (Å²) in [4.78, 5) is 12.9. The molecule has 2 heterocycles. The van der Waals surface area contributed by atoms with Gasteiger partial charge in [-0.3, -0.25) is 4.90 Å². The summed E-state index contributed by atoms with van der Waals surface area (Å²) in [6.07, 6.45) is 5.01. The molecule has 2 aromatic heterocycles. The highest BCUT2D eigenvalue weighted by Gasteiger charge is 2.10. The van der Waals surface area contributed by atoms with E-state index in [0.29, 0.717) is 5.92 Å². The van der Waals surface area contributed by atoms with Crippen LogP contribution in [0.4, 0.5) is 0 Å². The standard InChI is InChI=1S/C21H25N3S/c1-17(2)21-22-13-19(14-23-21)15-24(16-20-9-6-12-25-20)11-10-18-7-4-3-5-8-18/h3-9,12-14,17H,10-11,15-16H2,1-2H3. The Labute approximate surface area is 154 Å². The zero-order valence-corrected chi connectivity index (χ0v) is 15.7. The summed E-state index contributed by atoms with van der Waals surface area (Å²) < 4.78 is 0. The van der Waals surface area contributed by atoms with E-state index >= 15 is 0 Å². The lowest BCUT2D eigenvalue weighted by atomic mass is 10.1. The number of hydrogen-bond donors (Lipinski definition) is 0. The van der Waals surface area contributed by atoms with E-state index in [1.807, 2.05) is 23.7 Å². The van der Waals surface area contributed by atoms with Crippen LogP contribution >= 0.6 is 11.3 Å². The molecule has 3 nitrogen and oxygen atoms in total. The fourth-order valence-electron chi connectivity index (χ4n) is 2.77. The van der Waals surface area contributed by atoms with Gasteiger partial charge in [0, 0.05) is 48.4 Å². The monoisotopic (exact) mass is 351 g/mol. The number of benzene rings is 1. The van der Waals surface area contributed by atoms with Gasteiger partial charge in [-0.15, -0.1) is 11.3 Å². The van der Waals surface area contributed by atoms with Gasteiger partial charge < -0.3 is 0 Å². The van der Waals surface area contributed by atoms with Crippen molar-refractivity contribution < 1.29 is 0 Å². The van der Waals surface area contributed by atoms with Gasteiger partial charge in [0.25, 0.3) is 0 Å². The van der Waals surface area contributed by atoms with Gasteiger partial charge in [-0.05, 0) is 23.4 Å². The van der Waals surface area contributed by atoms with Crippen molar-refractivity contribution in [2.45, 2.75) is 39.3 Å². The molecule has 130 valence electrons. The molecule has 0 N–H and O–H groups in total. The van der Waals surface area contributed by atoms with E-state index in [1.165, 1.54) is 16.0 Å². The maximum absolute atomic E-state index is 4.51. The Morgan fingerprint density at radius 2 is 1.68 bits per heavy atom. The highest BCUT2D eigenvalue weighted by atomic mass is 32.1. The molecule has 4 heteroatoms. The van der Waals surface area contributed by atoms with Crippen LogP contribution < -0.4 is 0 Å². The van der Waals surface area contributed by atoms with Crippen LogP contribution in [-0.2, 0) is 19.5 Å². The molecule has 3 aromatic rings. The van der Waals surface area contributed by atoms with Gasteiger partial charge in [0.2, 0.25) is 0 Å². The van der Waals surface area contributed by atoms with Crippen molar-refractivity contribution in [1.29, 1.82) is 0 Å². The quantitative estimate of drug-likeness (QED) is 0.577. The fraction of sp³-hybridized carbons (Fsp3) is 0.333. The Balaban J connectivity index is 1.66. The van der Waals surface area contributed by atoms with Gasteiger partial charge >= 0.3 is 0 Å². The molecule has 0 spiro atoms. The number of aromatic nitrogens is 2. The summed E-state index contributed by atoms with van der Waals surface area (Å²) in [7, 11) is 0. The third-order valence-corrected chi connectivity index (χ3v) is 5.03. The molecule has 0 radical (unpaired) electrons. The summed E-state index contributed by atoms with van der Waals surface area (Å²) in [6.45, 7) is 7.11. The van der Waals surface area contributed by atoms with Crippen LogP contribution in [0.15, 0.2) is 60.2 Å². The number of hydrogen-bond acceptors (Lipinski definition) is 4. The van der Waals surface area contributed by atoms with E-state index in [2.05, 4.69) is 76.6 Å². The van der Waals surface area contributed by atoms with Crippen molar-refractivity contribution in [2.75, 3.05) is 6.54 Å². The molecule has 3 rings (SSSR count). The molecule has 0 atom stereocenters. The van der Waals surface area contributed by atoms with E-state index in [9.17, 15) is 0 Å². The molecule has 0 aliphatic rings. The third kappa shape index (κ3) is 5.48. The van der Waals surface area contributed by atoms with Gasteiger partial charge in [-0.2, -0.15) is 0 Å². The van der Waals surface area contributed by atoms with E-state index < -0.39 is 0 Å². The smallest absolute Gasteiger partial charge is 0.130 e. The molecule has 0 saturated carbocycles. The molecule has 0 aliphatic heterocycles. The topological polar surface area (TPSA) is 29.0 Å². The Morgan fingerprint density at radius 3 is 2.32 bits per heavy atom. The van der Waals surface area contributed by atoms with E-state index in [4.69, 9.17) is 0 Å². The van der Waals surface area contributed by atoms with Crippen molar-refractivity contribution >= 4 is 11.3 Å². The summed E-state index contributed by atoms with van der Waals surface area (Å²) >= 11 is 1.82. The molecule has 0 fully saturated rings. The Morgan fingerprint density at radius 1 is 0.920 bits per heavy atom. The molecule has 0 unspecified atom stereocenters. The van der Waals surface area contributed by atoms with Gasteiger partial charge in [-0.25, -0.2) is 9.97 Å². The second-order valence-electron chi connectivity index (χ2n) is 6.63. The minimum atomic E-state index is 0.370. The molecule has 0 saturated heterocycles. The van der Waals surface area contributed by atoms with Crippen LogP contribution in [0, 0.1) is 0 Å². The lowest BCUT2D eigenvalue weighted by molar-refractivity contribution is 0.261. The molecule has 0 aliphatic carbocycles. The highest BCUT2D eigenvalue weighted by Crippen LogP contribution is 2.16. The molecular formula is C21H25N3S. The average Bonchev–Trinajstić information content (AvgIpc) is 3.14. The number of nitrogens with zero attached hydrogens (tertiary/aromatic N) is 3. The highest BCUT2D eigenvalue weighted by molar-refractivity contribution is 7.09. The molecule has 25 heavy (non-hydrogen) atoms. The van der Waals surface area contributed by atoms with Crippen LogP contribution in [0.2, 0.25) is 0 Å². The first-order chi connectivity index (χ1) is 12.2. The predicted octanol–water partition coefficient (Wildman–Crippen LogP) is 4.91. The van der Waals surface area contributed by atoms with Crippen LogP contribution in [0.25, 0.3) is 0 Å². The van der Waals surface area contributed by atoms with Crippen molar-refractivity contribution in [3.63, 3.8) is 0 Å². The molecule has 0 bridgehead atoms. The second-order valence-corrected chi connectivity index (χ2v) is 7.66. The SMILES string of the molecule is CC(C)c1ncc(CN(CCc2ccccc2)Cc2cccs2)cn1. The lowest BCUT2D eigenvalue weighted by Gasteiger charge is -2.22. The first-order valence-corrected chi connectivity index (χ1v) is 9.68. The maximum Gasteiger partial charge on any atom is 0.130 e. The van der Waals surface area contributed by atoms with Crippen molar-refractivity contribution in [2.24, 2.45) is 0 Å². The lowest BCUT2D eigenvalue weighted by Crippen LogP contribution is -2.25. The minimum Gasteiger partial charge on any atom is -0.294 e. The van der Waals surface area contributed by atoms with Gasteiger partial charge in [0.15, 0.2) is 0 Å². The average molecular weight is 352 g/mol. The second kappa shape index (κ2) is 8.88. The van der Waals surface area contributed by atoms with Crippen LogP contribution in [-0.4, -0.2) is 21.4 Å². The Hall–Kier alpha value is -2.04. The van der Waals surface area contributed by atoms with Gasteiger partial charge in [0.05, 0.1) is 0 Å². The van der Waals surface area contributed by atoms with E-state index in [-0.39, 0.29) is 0 Å². The fourth-order valence-corrected chi connectivity index (χ4v) is 3.52. The third-order valence-electron chi connectivity index (χ3n) is 4.17. The summed E-state index contributed by atoms with van der Waals surface area (Å²) in [5.74, 6) is 1.28. The minimum absolute atomic E-state index is 0.370. The molecular weight excluding hydrogens is 326 g/mol. The predicted molar refractivity (Wildman–Crippen MR) is 105 cm³/mol. The molecule has 1 aromatic carbocycles. The zero-order valence-electron chi connectivity index (χ0n) is 14.9. The van der Waals surface area contributed by atoms with E-state index in [1.54, 1.807) is 0 Å². The first-order valence-electron chi connectivity index (χ1n) is 8.80. The molecule has 0 amide bonds. The van der Waals surface area contributed by atoms with Crippen LogP contribution in [0.5, 0.6) is 0 Å². The number of rotatable bonds is 8. The Kier molecular flexibility index (Phi) is 6.31. The maximum atomic E-state index is 4.51. The van der Waals surface area contributed by atoms with E-state index in [0.717, 1.165) is 31.9 Å². The van der Waals surface area contributed by atoms with Crippen LogP contribution in [0.1, 0.15) is 41.6 Å². The van der Waals surface area contributed by atoms with Crippen molar-refractivity contribution in [3.05, 3.63) is 82.1 Å². The van der Waals surface area contributed by atoms with Gasteiger partial charge in [-0.1, -0.05) is 50.2 Å².